The van der Waals surface area contributed by atoms with E-state index >= 15 is 0 Å². The van der Waals surface area contributed by atoms with Crippen molar-refractivity contribution in [3.05, 3.63) is 83.1 Å². The van der Waals surface area contributed by atoms with Gasteiger partial charge in [0, 0.05) is 17.2 Å². The minimum atomic E-state index is -1.13. The Morgan fingerprint density at radius 1 is 0.913 bits per heavy atom. The van der Waals surface area contributed by atoms with Crippen molar-refractivity contribution in [3.8, 4) is 0 Å². The number of carbonyl (C=O) groups is 3. The van der Waals surface area contributed by atoms with Gasteiger partial charge in [0.25, 0.3) is 0 Å². The maximum absolute atomic E-state index is 12.5. The number of rotatable bonds is 4. The summed E-state index contributed by atoms with van der Waals surface area (Å²) in [6.07, 6.45) is 1.16. The highest BCUT2D eigenvalue weighted by atomic mass is 16.4. The van der Waals surface area contributed by atoms with Crippen molar-refractivity contribution in [2.45, 2.75) is 6.04 Å². The van der Waals surface area contributed by atoms with E-state index in [4.69, 9.17) is 0 Å². The van der Waals surface area contributed by atoms with Crippen molar-refractivity contribution in [2.24, 2.45) is 0 Å². The summed E-state index contributed by atoms with van der Waals surface area (Å²) in [5, 5.41) is 12.1. The van der Waals surface area contributed by atoms with Crippen LogP contribution in [-0.4, -0.2) is 22.6 Å². The van der Waals surface area contributed by atoms with Crippen molar-refractivity contribution in [1.29, 1.82) is 0 Å². The summed E-state index contributed by atoms with van der Waals surface area (Å²) in [4.78, 5) is 36.1. The van der Waals surface area contributed by atoms with E-state index in [0.717, 1.165) is 6.08 Å². The van der Waals surface area contributed by atoms with Gasteiger partial charge in [0.15, 0.2) is 11.8 Å². The normalized spacial score (nSPS) is 14.7. The number of nitrogens with one attached hydrogen (secondary N) is 1. The minimum absolute atomic E-state index is 0.00930. The molecule has 1 atom stereocenters. The first-order valence-electron chi connectivity index (χ1n) is 7.02. The quantitative estimate of drug-likeness (QED) is 0.906. The lowest BCUT2D eigenvalue weighted by atomic mass is 9.92. The Balaban J connectivity index is 1.95. The molecule has 0 saturated heterocycles. The third kappa shape index (κ3) is 2.76. The van der Waals surface area contributed by atoms with Gasteiger partial charge in [0.2, 0.25) is 5.78 Å². The molecule has 0 spiro atoms. The highest BCUT2D eigenvalue weighted by Crippen LogP contribution is 2.22. The Morgan fingerprint density at radius 3 is 2.17 bits per heavy atom. The van der Waals surface area contributed by atoms with Gasteiger partial charge < -0.3 is 10.4 Å². The zero-order valence-electron chi connectivity index (χ0n) is 12.0. The van der Waals surface area contributed by atoms with Crippen LogP contribution in [0.25, 0.3) is 0 Å². The molecule has 2 aromatic rings. The van der Waals surface area contributed by atoms with Gasteiger partial charge in [-0.25, -0.2) is 4.79 Å². The van der Waals surface area contributed by atoms with Gasteiger partial charge in [0.05, 0.1) is 5.70 Å². The molecule has 0 bridgehead atoms. The largest absolute Gasteiger partial charge is 0.479 e. The molecule has 5 heteroatoms. The van der Waals surface area contributed by atoms with Gasteiger partial charge in [-0.15, -0.1) is 0 Å². The molecule has 0 radical (unpaired) electrons. The molecule has 0 fully saturated rings. The molecule has 1 aliphatic carbocycles. The van der Waals surface area contributed by atoms with Gasteiger partial charge >= 0.3 is 5.97 Å². The lowest BCUT2D eigenvalue weighted by Gasteiger charge is -2.21. The molecule has 0 amide bonds. The fraction of sp³-hybridized carbons (Fsp3) is 0.0556. The molecule has 1 aliphatic rings. The molecule has 2 N–H and O–H groups in total. The second-order valence-electron chi connectivity index (χ2n) is 5.12. The fourth-order valence-corrected chi connectivity index (χ4v) is 2.51. The molecule has 0 saturated carbocycles. The monoisotopic (exact) mass is 307 g/mol. The lowest BCUT2D eigenvalue weighted by molar-refractivity contribution is -0.139. The lowest BCUT2D eigenvalue weighted by Crippen LogP contribution is -2.33. The number of carboxylic acids is 1. The van der Waals surface area contributed by atoms with Crippen molar-refractivity contribution < 1.29 is 19.5 Å². The van der Waals surface area contributed by atoms with E-state index in [1.807, 2.05) is 0 Å². The van der Waals surface area contributed by atoms with E-state index in [1.165, 1.54) is 0 Å². The number of carbonyl (C=O) groups excluding carboxylic acids is 2. The van der Waals surface area contributed by atoms with Crippen LogP contribution in [0.1, 0.15) is 32.3 Å². The Hall–Kier alpha value is -3.21. The Kier molecular flexibility index (Phi) is 3.76. The molecule has 5 nitrogen and oxygen atoms in total. The zero-order chi connectivity index (χ0) is 16.4. The summed E-state index contributed by atoms with van der Waals surface area (Å²) in [6.45, 7) is 0. The number of carboxylic acid groups (broad SMARTS) is 1. The first-order chi connectivity index (χ1) is 11.1. The van der Waals surface area contributed by atoms with Gasteiger partial charge in [-0.05, 0) is 5.56 Å². The van der Waals surface area contributed by atoms with Crippen LogP contribution in [0.5, 0.6) is 0 Å². The molecular weight excluding hydrogens is 294 g/mol. The van der Waals surface area contributed by atoms with Crippen LogP contribution in [0.2, 0.25) is 0 Å². The predicted molar refractivity (Wildman–Crippen MR) is 83.1 cm³/mol. The Morgan fingerprint density at radius 2 is 1.52 bits per heavy atom. The SMILES string of the molecule is O=C1C=C(N[C@@H](C(=O)O)c2ccccc2)C(=O)c2ccccc21. The van der Waals surface area contributed by atoms with Gasteiger partial charge in [-0.1, -0.05) is 54.6 Å². The van der Waals surface area contributed by atoms with E-state index in [-0.39, 0.29) is 22.8 Å². The Bertz CT molecular complexity index is 824. The molecule has 0 aromatic heterocycles. The smallest absolute Gasteiger partial charge is 0.330 e. The molecule has 2 aromatic carbocycles. The van der Waals surface area contributed by atoms with Crippen LogP contribution >= 0.6 is 0 Å². The average Bonchev–Trinajstić information content (AvgIpc) is 2.57. The fourth-order valence-electron chi connectivity index (χ4n) is 2.51. The molecule has 0 aliphatic heterocycles. The topological polar surface area (TPSA) is 83.5 Å². The van der Waals surface area contributed by atoms with Crippen molar-refractivity contribution >= 4 is 17.5 Å². The first-order valence-corrected chi connectivity index (χ1v) is 7.02. The number of benzene rings is 2. The summed E-state index contributed by atoms with van der Waals surface area (Å²) in [5.74, 6) is -1.83. The number of ketones is 2. The maximum atomic E-state index is 12.5. The summed E-state index contributed by atoms with van der Waals surface area (Å²) in [5.41, 5.74) is 1.10. The first kappa shape index (κ1) is 14.7. The summed E-state index contributed by atoms with van der Waals surface area (Å²) < 4.78 is 0. The van der Waals surface area contributed by atoms with Crippen LogP contribution in [0.3, 0.4) is 0 Å². The van der Waals surface area contributed by atoms with E-state index in [9.17, 15) is 19.5 Å². The third-order valence-electron chi connectivity index (χ3n) is 3.64. The van der Waals surface area contributed by atoms with Crippen LogP contribution < -0.4 is 5.32 Å². The van der Waals surface area contributed by atoms with Gasteiger partial charge in [0.1, 0.15) is 0 Å². The third-order valence-corrected chi connectivity index (χ3v) is 3.64. The highest BCUT2D eigenvalue weighted by Gasteiger charge is 2.29. The summed E-state index contributed by atoms with van der Waals surface area (Å²) >= 11 is 0. The average molecular weight is 307 g/mol. The van der Waals surface area contributed by atoms with Crippen molar-refractivity contribution in [3.63, 3.8) is 0 Å². The zero-order valence-corrected chi connectivity index (χ0v) is 12.0. The van der Waals surface area contributed by atoms with E-state index in [2.05, 4.69) is 5.32 Å². The number of hydrogen-bond acceptors (Lipinski definition) is 4. The highest BCUT2D eigenvalue weighted by molar-refractivity contribution is 6.24. The van der Waals surface area contributed by atoms with Gasteiger partial charge in [-0.2, -0.15) is 0 Å². The van der Waals surface area contributed by atoms with Crippen molar-refractivity contribution in [1.82, 2.24) is 5.32 Å². The number of Topliss-reactive ketones (excluding diaryl/α,β-unsaturated/α-hetero) is 1. The van der Waals surface area contributed by atoms with Crippen LogP contribution in [-0.2, 0) is 4.79 Å². The molecule has 114 valence electrons. The standard InChI is InChI=1S/C18H13NO4/c20-15-10-14(17(21)13-9-5-4-8-12(13)15)19-16(18(22)23)11-6-2-1-3-7-11/h1-10,16,19H,(H,22,23)/t16-/m1/s1. The number of allylic oxidation sites excluding steroid dienone is 2. The van der Waals surface area contributed by atoms with Crippen molar-refractivity contribution in [2.75, 3.05) is 0 Å². The maximum Gasteiger partial charge on any atom is 0.330 e. The Labute approximate surface area is 132 Å². The molecular formula is C18H13NO4. The van der Waals surface area contributed by atoms with Gasteiger partial charge in [-0.3, -0.25) is 9.59 Å². The second-order valence-corrected chi connectivity index (χ2v) is 5.12. The number of aliphatic carboxylic acids is 1. The number of hydrogen-bond donors (Lipinski definition) is 2. The van der Waals surface area contributed by atoms with Crippen LogP contribution in [0.4, 0.5) is 0 Å². The van der Waals surface area contributed by atoms with E-state index < -0.39 is 12.0 Å². The van der Waals surface area contributed by atoms with Crippen LogP contribution in [0, 0.1) is 0 Å². The predicted octanol–water partition coefficient (Wildman–Crippen LogP) is 2.37. The molecule has 23 heavy (non-hydrogen) atoms. The number of fused-ring (bicyclic) bond motifs is 1. The molecule has 0 unspecified atom stereocenters. The van der Waals surface area contributed by atoms with E-state index in [0.29, 0.717) is 11.1 Å². The minimum Gasteiger partial charge on any atom is -0.479 e. The summed E-state index contributed by atoms with van der Waals surface area (Å²) in [7, 11) is 0. The second kappa shape index (κ2) is 5.88. The van der Waals surface area contributed by atoms with Crippen LogP contribution in [0.15, 0.2) is 66.4 Å². The molecule has 0 heterocycles. The van der Waals surface area contributed by atoms with E-state index in [1.54, 1.807) is 54.6 Å². The molecule has 3 rings (SSSR count). The summed E-state index contributed by atoms with van der Waals surface area (Å²) in [6, 6.07) is 13.9.